The number of hydrogen-bond acceptors (Lipinski definition) is 7. The van der Waals surface area contributed by atoms with Gasteiger partial charge in [0.15, 0.2) is 0 Å². The Balaban J connectivity index is 3.11. The van der Waals surface area contributed by atoms with Gasteiger partial charge in [0, 0.05) is 13.6 Å². The minimum atomic E-state index is -0.585. The van der Waals surface area contributed by atoms with Crippen molar-refractivity contribution < 1.29 is 9.72 Å². The lowest BCUT2D eigenvalue weighted by atomic mass is 10.3. The molecule has 1 rings (SSSR count). The van der Waals surface area contributed by atoms with Crippen LogP contribution in [0.2, 0.25) is 0 Å². The van der Waals surface area contributed by atoms with Crippen LogP contribution >= 0.6 is 0 Å². The lowest BCUT2D eigenvalue weighted by molar-refractivity contribution is -0.385. The van der Waals surface area contributed by atoms with Crippen molar-refractivity contribution in [1.29, 1.82) is 0 Å². The maximum absolute atomic E-state index is 11.5. The molecule has 0 unspecified atom stereocenters. The van der Waals surface area contributed by atoms with E-state index in [0.29, 0.717) is 6.54 Å². The van der Waals surface area contributed by atoms with Crippen LogP contribution in [0.3, 0.4) is 0 Å². The number of amides is 1. The summed E-state index contributed by atoms with van der Waals surface area (Å²) in [5.41, 5.74) is 5.40. The molecule has 3 N–H and O–H groups in total. The molecule has 1 heterocycles. The number of anilines is 2. The van der Waals surface area contributed by atoms with Crippen molar-refractivity contribution in [2.24, 2.45) is 0 Å². The maximum atomic E-state index is 11.5. The first kappa shape index (κ1) is 14.6. The maximum Gasteiger partial charge on any atom is 0.332 e. The number of nitrogens with two attached hydrogens (primary N) is 1. The van der Waals surface area contributed by atoms with Crippen LogP contribution < -0.4 is 16.0 Å². The lowest BCUT2D eigenvalue weighted by Crippen LogP contribution is -2.35. The molecular formula is C10H16N6O3. The number of nitrogen functional groups attached to an aromatic ring is 1. The van der Waals surface area contributed by atoms with E-state index in [1.807, 2.05) is 0 Å². The average molecular weight is 268 g/mol. The van der Waals surface area contributed by atoms with Crippen molar-refractivity contribution in [3.63, 3.8) is 0 Å². The Hall–Kier alpha value is -2.45. The van der Waals surface area contributed by atoms with Crippen LogP contribution in [-0.4, -0.2) is 40.9 Å². The number of aryl methyl sites for hydroxylation is 1. The van der Waals surface area contributed by atoms with Crippen LogP contribution in [0.15, 0.2) is 0 Å². The number of nitrogens with zero attached hydrogens (tertiary/aromatic N) is 4. The second kappa shape index (κ2) is 5.94. The number of nitro groups is 1. The second-order valence-corrected chi connectivity index (χ2v) is 3.91. The molecular weight excluding hydrogens is 252 g/mol. The first-order valence-electron chi connectivity index (χ1n) is 5.63. The van der Waals surface area contributed by atoms with Crippen molar-refractivity contribution in [3.8, 4) is 0 Å². The average Bonchev–Trinajstić information content (AvgIpc) is 2.27. The quantitative estimate of drug-likeness (QED) is 0.561. The Labute approximate surface area is 110 Å². The molecule has 0 radical (unpaired) electrons. The Morgan fingerprint density at radius 1 is 1.53 bits per heavy atom. The molecule has 0 aromatic carbocycles. The van der Waals surface area contributed by atoms with Gasteiger partial charge in [-0.3, -0.25) is 14.9 Å². The lowest BCUT2D eigenvalue weighted by Gasteiger charge is -2.18. The number of hydrogen-bond donors (Lipinski definition) is 2. The van der Waals surface area contributed by atoms with Gasteiger partial charge in [-0.1, -0.05) is 0 Å². The molecule has 19 heavy (non-hydrogen) atoms. The summed E-state index contributed by atoms with van der Waals surface area (Å²) in [7, 11) is 1.53. The van der Waals surface area contributed by atoms with E-state index in [2.05, 4.69) is 15.3 Å². The Morgan fingerprint density at radius 2 is 2.16 bits per heavy atom. The summed E-state index contributed by atoms with van der Waals surface area (Å²) >= 11 is 0. The van der Waals surface area contributed by atoms with E-state index in [-0.39, 0.29) is 35.6 Å². The van der Waals surface area contributed by atoms with Crippen molar-refractivity contribution >= 4 is 23.4 Å². The predicted octanol–water partition coefficient (Wildman–Crippen LogP) is -0.152. The summed E-state index contributed by atoms with van der Waals surface area (Å²) in [4.78, 5) is 30.9. The Morgan fingerprint density at radius 3 is 2.68 bits per heavy atom. The van der Waals surface area contributed by atoms with Gasteiger partial charge in [-0.05, 0) is 13.8 Å². The van der Waals surface area contributed by atoms with E-state index in [1.165, 1.54) is 18.9 Å². The first-order valence-corrected chi connectivity index (χ1v) is 5.63. The van der Waals surface area contributed by atoms with E-state index >= 15 is 0 Å². The standard InChI is InChI=1S/C10H16N6O3/c1-4-12-7(17)5-15(3)9-8(16(18)19)6(2)13-10(11)14-9/h4-5H2,1-3H3,(H,12,17)(H2,11,13,14). The predicted molar refractivity (Wildman–Crippen MR) is 69.8 cm³/mol. The molecule has 0 aliphatic carbocycles. The van der Waals surface area contributed by atoms with Crippen LogP contribution in [0.4, 0.5) is 17.5 Å². The third-order valence-corrected chi connectivity index (χ3v) is 2.36. The van der Waals surface area contributed by atoms with Crippen LogP contribution in [0, 0.1) is 17.0 Å². The molecule has 1 aromatic heterocycles. The topological polar surface area (TPSA) is 127 Å². The third kappa shape index (κ3) is 3.50. The van der Waals surface area contributed by atoms with Gasteiger partial charge in [-0.15, -0.1) is 0 Å². The fourth-order valence-corrected chi connectivity index (χ4v) is 1.60. The highest BCUT2D eigenvalue weighted by atomic mass is 16.6. The second-order valence-electron chi connectivity index (χ2n) is 3.91. The van der Waals surface area contributed by atoms with E-state index < -0.39 is 4.92 Å². The monoisotopic (exact) mass is 268 g/mol. The van der Waals surface area contributed by atoms with Gasteiger partial charge in [-0.2, -0.15) is 4.98 Å². The summed E-state index contributed by atoms with van der Waals surface area (Å²) in [6.07, 6.45) is 0. The van der Waals surface area contributed by atoms with Crippen molar-refractivity contribution in [1.82, 2.24) is 15.3 Å². The van der Waals surface area contributed by atoms with Crippen molar-refractivity contribution in [3.05, 3.63) is 15.8 Å². The molecule has 1 amide bonds. The van der Waals surface area contributed by atoms with Gasteiger partial charge in [0.2, 0.25) is 17.7 Å². The van der Waals surface area contributed by atoms with Crippen LogP contribution in [0.25, 0.3) is 0 Å². The summed E-state index contributed by atoms with van der Waals surface area (Å²) < 4.78 is 0. The molecule has 0 saturated heterocycles. The summed E-state index contributed by atoms with van der Waals surface area (Å²) in [6.45, 7) is 3.69. The van der Waals surface area contributed by atoms with Gasteiger partial charge in [0.05, 0.1) is 11.5 Å². The number of nitrogens with one attached hydrogen (secondary N) is 1. The fourth-order valence-electron chi connectivity index (χ4n) is 1.60. The Kier molecular flexibility index (Phi) is 4.56. The minimum absolute atomic E-state index is 0.0289. The van der Waals surface area contributed by atoms with E-state index in [9.17, 15) is 14.9 Å². The van der Waals surface area contributed by atoms with Gasteiger partial charge < -0.3 is 16.0 Å². The zero-order chi connectivity index (χ0) is 14.6. The minimum Gasteiger partial charge on any atom is -0.368 e. The van der Waals surface area contributed by atoms with Crippen molar-refractivity contribution in [2.75, 3.05) is 30.8 Å². The molecule has 1 aromatic rings. The molecule has 9 heteroatoms. The molecule has 0 saturated carbocycles. The van der Waals surface area contributed by atoms with Gasteiger partial charge >= 0.3 is 5.69 Å². The highest BCUT2D eigenvalue weighted by Gasteiger charge is 2.25. The third-order valence-electron chi connectivity index (χ3n) is 2.36. The largest absolute Gasteiger partial charge is 0.368 e. The molecule has 0 aliphatic rings. The highest BCUT2D eigenvalue weighted by Crippen LogP contribution is 2.28. The zero-order valence-electron chi connectivity index (χ0n) is 11.0. The molecule has 0 spiro atoms. The van der Waals surface area contributed by atoms with Crippen LogP contribution in [0.1, 0.15) is 12.6 Å². The van der Waals surface area contributed by atoms with E-state index in [0.717, 1.165) is 0 Å². The zero-order valence-corrected chi connectivity index (χ0v) is 11.0. The van der Waals surface area contributed by atoms with E-state index in [1.54, 1.807) is 6.92 Å². The molecule has 104 valence electrons. The summed E-state index contributed by atoms with van der Waals surface area (Å²) in [6, 6.07) is 0. The molecule has 0 aliphatic heterocycles. The molecule has 0 atom stereocenters. The Bertz CT molecular complexity index is 504. The normalized spacial score (nSPS) is 10.1. The number of rotatable bonds is 5. The van der Waals surface area contributed by atoms with Crippen LogP contribution in [0.5, 0.6) is 0 Å². The number of likely N-dealkylation sites (N-methyl/N-ethyl adjacent to an activating group) is 2. The summed E-state index contributed by atoms with van der Waals surface area (Å²) in [5, 5.41) is 13.6. The fraction of sp³-hybridized carbons (Fsp3) is 0.500. The number of carbonyl (C=O) groups excluding carboxylic acids is 1. The van der Waals surface area contributed by atoms with E-state index in [4.69, 9.17) is 5.73 Å². The summed E-state index contributed by atoms with van der Waals surface area (Å²) in [5.74, 6) is -0.295. The van der Waals surface area contributed by atoms with Gasteiger partial charge in [0.25, 0.3) is 0 Å². The smallest absolute Gasteiger partial charge is 0.332 e. The SMILES string of the molecule is CCNC(=O)CN(C)c1nc(N)nc(C)c1[N+](=O)[O-]. The molecule has 0 bridgehead atoms. The molecule has 0 fully saturated rings. The van der Waals surface area contributed by atoms with Gasteiger partial charge in [-0.25, -0.2) is 4.98 Å². The van der Waals surface area contributed by atoms with Crippen LogP contribution in [-0.2, 0) is 4.79 Å². The number of aromatic nitrogens is 2. The van der Waals surface area contributed by atoms with Crippen molar-refractivity contribution in [2.45, 2.75) is 13.8 Å². The highest BCUT2D eigenvalue weighted by molar-refractivity contribution is 5.81. The number of carbonyl (C=O) groups is 1. The van der Waals surface area contributed by atoms with Gasteiger partial charge in [0.1, 0.15) is 5.69 Å². The molecule has 9 nitrogen and oxygen atoms in total. The first-order chi connectivity index (χ1) is 8.86.